The summed E-state index contributed by atoms with van der Waals surface area (Å²) in [5.74, 6) is -1.87. The molecule has 132 valence electrons. The van der Waals surface area contributed by atoms with Gasteiger partial charge in [0.2, 0.25) is 0 Å². The zero-order valence-corrected chi connectivity index (χ0v) is 14.0. The number of amides is 1. The van der Waals surface area contributed by atoms with Gasteiger partial charge in [-0.2, -0.15) is 0 Å². The van der Waals surface area contributed by atoms with E-state index in [0.717, 1.165) is 18.2 Å². The van der Waals surface area contributed by atoms with E-state index in [-0.39, 0.29) is 16.2 Å². The topological polar surface area (TPSA) is 106 Å². The number of halogens is 1. The van der Waals surface area contributed by atoms with Crippen molar-refractivity contribution >= 4 is 27.1 Å². The van der Waals surface area contributed by atoms with Gasteiger partial charge in [-0.25, -0.2) is 12.8 Å². The van der Waals surface area contributed by atoms with Crippen LogP contribution in [-0.4, -0.2) is 25.0 Å². The number of hydrogen-bond acceptors (Lipinski definition) is 5. The average Bonchev–Trinajstić information content (AvgIpc) is 2.56. The molecule has 0 saturated carbocycles. The van der Waals surface area contributed by atoms with E-state index < -0.39 is 37.9 Å². The lowest BCUT2D eigenvalue weighted by Crippen LogP contribution is -2.18. The second-order valence-electron chi connectivity index (χ2n) is 5.19. The normalized spacial score (nSPS) is 11.1. The second kappa shape index (κ2) is 7.39. The summed E-state index contributed by atoms with van der Waals surface area (Å²) in [7, 11) is -3.67. The molecule has 0 unspecified atom stereocenters. The molecule has 2 aromatic carbocycles. The van der Waals surface area contributed by atoms with E-state index in [1.165, 1.54) is 24.3 Å². The van der Waals surface area contributed by atoms with Gasteiger partial charge in [0.25, 0.3) is 11.6 Å². The van der Waals surface area contributed by atoms with Gasteiger partial charge < -0.3 is 5.32 Å². The number of anilines is 1. The van der Waals surface area contributed by atoms with Gasteiger partial charge in [0, 0.05) is 12.1 Å². The summed E-state index contributed by atoms with van der Waals surface area (Å²) in [5.41, 5.74) is -0.952. The first-order valence-electron chi connectivity index (χ1n) is 7.33. The van der Waals surface area contributed by atoms with Crippen LogP contribution in [0.3, 0.4) is 0 Å². The van der Waals surface area contributed by atoms with E-state index in [1.807, 2.05) is 0 Å². The number of non-ortho nitro benzene ring substituents is 1. The Balaban J connectivity index is 2.41. The Morgan fingerprint density at radius 3 is 2.56 bits per heavy atom. The van der Waals surface area contributed by atoms with E-state index in [2.05, 4.69) is 5.32 Å². The van der Waals surface area contributed by atoms with Gasteiger partial charge >= 0.3 is 0 Å². The lowest BCUT2D eigenvalue weighted by Gasteiger charge is -2.11. The molecule has 0 aliphatic heterocycles. The molecule has 25 heavy (non-hydrogen) atoms. The summed E-state index contributed by atoms with van der Waals surface area (Å²) >= 11 is 0. The minimum absolute atomic E-state index is 0.136. The molecule has 0 aliphatic carbocycles. The second-order valence-corrected chi connectivity index (χ2v) is 7.27. The van der Waals surface area contributed by atoms with Crippen LogP contribution in [0, 0.1) is 15.9 Å². The minimum atomic E-state index is -3.67. The van der Waals surface area contributed by atoms with Gasteiger partial charge in [-0.1, -0.05) is 19.1 Å². The smallest absolute Gasteiger partial charge is 0.271 e. The fraction of sp³-hybridized carbons (Fsp3) is 0.188. The van der Waals surface area contributed by atoms with Gasteiger partial charge in [-0.15, -0.1) is 0 Å². The Bertz CT molecular complexity index is 928. The van der Waals surface area contributed by atoms with Crippen LogP contribution in [-0.2, 0) is 9.84 Å². The number of nitrogens with zero attached hydrogens (tertiary/aromatic N) is 1. The Morgan fingerprint density at radius 2 is 1.92 bits per heavy atom. The van der Waals surface area contributed by atoms with Crippen LogP contribution < -0.4 is 5.32 Å². The molecule has 1 amide bonds. The predicted molar refractivity (Wildman–Crippen MR) is 89.8 cm³/mol. The van der Waals surface area contributed by atoms with Crippen molar-refractivity contribution in [2.45, 2.75) is 18.2 Å². The van der Waals surface area contributed by atoms with Crippen LogP contribution in [0.2, 0.25) is 0 Å². The summed E-state index contributed by atoms with van der Waals surface area (Å²) in [6.07, 6.45) is 0.373. The van der Waals surface area contributed by atoms with Crippen molar-refractivity contribution in [3.05, 3.63) is 64.0 Å². The van der Waals surface area contributed by atoms with Crippen molar-refractivity contribution in [1.29, 1.82) is 0 Å². The molecular weight excluding hydrogens is 351 g/mol. The van der Waals surface area contributed by atoms with Crippen molar-refractivity contribution < 1.29 is 22.5 Å². The Morgan fingerprint density at radius 1 is 1.24 bits per heavy atom. The first-order valence-corrected chi connectivity index (χ1v) is 8.98. The van der Waals surface area contributed by atoms with Gasteiger partial charge in [0.05, 0.1) is 26.8 Å². The molecule has 0 spiro atoms. The van der Waals surface area contributed by atoms with E-state index in [0.29, 0.717) is 6.42 Å². The van der Waals surface area contributed by atoms with Crippen LogP contribution in [0.25, 0.3) is 0 Å². The van der Waals surface area contributed by atoms with Crippen LogP contribution in [0.1, 0.15) is 23.7 Å². The van der Waals surface area contributed by atoms with Crippen LogP contribution >= 0.6 is 0 Å². The third-order valence-electron chi connectivity index (χ3n) is 3.35. The molecule has 1 N–H and O–H groups in total. The number of rotatable bonds is 6. The van der Waals surface area contributed by atoms with Crippen molar-refractivity contribution in [2.24, 2.45) is 0 Å². The highest BCUT2D eigenvalue weighted by Crippen LogP contribution is 2.24. The Kier molecular flexibility index (Phi) is 5.48. The molecule has 7 nitrogen and oxygen atoms in total. The van der Waals surface area contributed by atoms with Gasteiger partial charge in [0.15, 0.2) is 9.84 Å². The lowest BCUT2D eigenvalue weighted by atomic mass is 10.2. The van der Waals surface area contributed by atoms with Crippen molar-refractivity contribution in [3.63, 3.8) is 0 Å². The summed E-state index contributed by atoms with van der Waals surface area (Å²) in [6.45, 7) is 1.69. The molecule has 0 aromatic heterocycles. The molecule has 0 fully saturated rings. The zero-order chi connectivity index (χ0) is 18.6. The quantitative estimate of drug-likeness (QED) is 0.624. The highest BCUT2D eigenvalue weighted by Gasteiger charge is 2.22. The molecule has 2 aromatic rings. The fourth-order valence-electron chi connectivity index (χ4n) is 2.22. The zero-order valence-electron chi connectivity index (χ0n) is 13.2. The van der Waals surface area contributed by atoms with E-state index in [1.54, 1.807) is 6.92 Å². The Labute approximate surface area is 143 Å². The minimum Gasteiger partial charge on any atom is -0.319 e. The number of nitro groups is 1. The van der Waals surface area contributed by atoms with Crippen LogP contribution in [0.5, 0.6) is 0 Å². The largest absolute Gasteiger partial charge is 0.319 e. The number of nitro benzene ring substituents is 1. The average molecular weight is 366 g/mol. The van der Waals surface area contributed by atoms with Crippen molar-refractivity contribution in [1.82, 2.24) is 0 Å². The van der Waals surface area contributed by atoms with Gasteiger partial charge in [-0.05, 0) is 24.6 Å². The van der Waals surface area contributed by atoms with E-state index >= 15 is 0 Å². The van der Waals surface area contributed by atoms with Crippen molar-refractivity contribution in [3.8, 4) is 0 Å². The molecular formula is C16H15FN2O5S. The number of nitrogens with one attached hydrogen (secondary N) is 1. The van der Waals surface area contributed by atoms with Crippen molar-refractivity contribution in [2.75, 3.05) is 11.1 Å². The number of sulfone groups is 1. The number of hydrogen-bond donors (Lipinski definition) is 1. The summed E-state index contributed by atoms with van der Waals surface area (Å²) in [5, 5.41) is 13.0. The fourth-order valence-corrected chi connectivity index (χ4v) is 3.76. The maximum Gasteiger partial charge on any atom is 0.271 e. The van der Waals surface area contributed by atoms with E-state index in [9.17, 15) is 27.7 Å². The Hall–Kier alpha value is -2.81. The van der Waals surface area contributed by atoms with Crippen LogP contribution in [0.15, 0.2) is 47.4 Å². The van der Waals surface area contributed by atoms with Gasteiger partial charge in [0.1, 0.15) is 5.82 Å². The maximum absolute atomic E-state index is 13.8. The predicted octanol–water partition coefficient (Wildman–Crippen LogP) is 3.17. The molecule has 2 rings (SSSR count). The third-order valence-corrected chi connectivity index (χ3v) is 5.32. The summed E-state index contributed by atoms with van der Waals surface area (Å²) < 4.78 is 38.4. The lowest BCUT2D eigenvalue weighted by molar-refractivity contribution is -0.384. The first kappa shape index (κ1) is 18.5. The molecule has 0 radical (unpaired) electrons. The molecule has 0 atom stereocenters. The molecule has 0 aliphatic rings. The first-order chi connectivity index (χ1) is 11.8. The molecule has 0 bridgehead atoms. The highest BCUT2D eigenvalue weighted by atomic mass is 32.2. The SMILES string of the molecule is CCCS(=O)(=O)c1ccccc1C(=O)Nc1cc([N+](=O)[O-])ccc1F. The highest BCUT2D eigenvalue weighted by molar-refractivity contribution is 7.91. The third kappa shape index (κ3) is 4.18. The monoisotopic (exact) mass is 366 g/mol. The molecule has 9 heteroatoms. The summed E-state index contributed by atoms with van der Waals surface area (Å²) in [6, 6.07) is 8.24. The van der Waals surface area contributed by atoms with E-state index in [4.69, 9.17) is 0 Å². The number of benzene rings is 2. The van der Waals surface area contributed by atoms with Gasteiger partial charge in [-0.3, -0.25) is 14.9 Å². The number of carbonyl (C=O) groups is 1. The molecule has 0 heterocycles. The maximum atomic E-state index is 13.8. The number of carbonyl (C=O) groups excluding carboxylic acids is 1. The standard InChI is InChI=1S/C16H15FN2O5S/c1-2-9-25(23,24)15-6-4-3-5-12(15)16(20)18-14-10-11(19(21)22)7-8-13(14)17/h3-8,10H,2,9H2,1H3,(H,18,20). The van der Waals surface area contributed by atoms with Crippen LogP contribution in [0.4, 0.5) is 15.8 Å². The molecule has 0 saturated heterocycles. The summed E-state index contributed by atoms with van der Waals surface area (Å²) in [4.78, 5) is 22.3.